The third-order valence-electron chi connectivity index (χ3n) is 5.61. The van der Waals surface area contributed by atoms with E-state index in [1.54, 1.807) is 0 Å². The van der Waals surface area contributed by atoms with Crippen LogP contribution in [-0.2, 0) is 4.79 Å². The smallest absolute Gasteiger partial charge is 0.253 e. The fourth-order valence-electron chi connectivity index (χ4n) is 3.95. The number of nitrogens with two attached hydrogens (primary N) is 1. The van der Waals surface area contributed by atoms with E-state index in [1.807, 2.05) is 36.1 Å². The van der Waals surface area contributed by atoms with Crippen molar-refractivity contribution in [3.63, 3.8) is 0 Å². The van der Waals surface area contributed by atoms with E-state index in [0.29, 0.717) is 25.4 Å². The maximum Gasteiger partial charge on any atom is 0.253 e. The van der Waals surface area contributed by atoms with Crippen molar-refractivity contribution >= 4 is 24.2 Å². The molecule has 1 aromatic rings. The average molecular weight is 380 g/mol. The van der Waals surface area contributed by atoms with E-state index in [2.05, 4.69) is 5.32 Å². The van der Waals surface area contributed by atoms with Crippen LogP contribution in [0.25, 0.3) is 0 Å². The zero-order chi connectivity index (χ0) is 17.8. The molecule has 0 unspecified atom stereocenters. The molecule has 3 rings (SSSR count). The van der Waals surface area contributed by atoms with Crippen LogP contribution in [0.4, 0.5) is 0 Å². The molecule has 6 heteroatoms. The first-order valence-corrected chi connectivity index (χ1v) is 9.44. The largest absolute Gasteiger partial charge is 0.353 e. The first-order valence-electron chi connectivity index (χ1n) is 9.44. The second-order valence-corrected chi connectivity index (χ2v) is 7.56. The number of hydrogen-bond acceptors (Lipinski definition) is 3. The Kier molecular flexibility index (Phi) is 7.47. The summed E-state index contributed by atoms with van der Waals surface area (Å²) >= 11 is 0. The monoisotopic (exact) mass is 379 g/mol. The number of hydrogen-bond donors (Lipinski definition) is 2. The van der Waals surface area contributed by atoms with Crippen molar-refractivity contribution in [1.29, 1.82) is 0 Å². The van der Waals surface area contributed by atoms with Gasteiger partial charge in [-0.1, -0.05) is 24.1 Å². The number of benzene rings is 1. The van der Waals surface area contributed by atoms with Crippen LogP contribution in [0.1, 0.15) is 54.4 Å². The topological polar surface area (TPSA) is 75.4 Å². The number of likely N-dealkylation sites (tertiary alicyclic amines) is 1. The number of piperidine rings is 1. The summed E-state index contributed by atoms with van der Waals surface area (Å²) in [6.07, 6.45) is 5.43. The molecule has 2 fully saturated rings. The lowest BCUT2D eigenvalue weighted by atomic mass is 9.98. The number of nitrogens with zero attached hydrogens (tertiary/aromatic N) is 1. The van der Waals surface area contributed by atoms with E-state index in [0.717, 1.165) is 43.2 Å². The number of carbonyl (C=O) groups is 2. The van der Waals surface area contributed by atoms with Crippen molar-refractivity contribution in [1.82, 2.24) is 10.2 Å². The van der Waals surface area contributed by atoms with Crippen LogP contribution < -0.4 is 11.1 Å². The summed E-state index contributed by atoms with van der Waals surface area (Å²) in [5, 5.41) is 3.14. The summed E-state index contributed by atoms with van der Waals surface area (Å²) in [5.41, 5.74) is 7.94. The Labute approximate surface area is 162 Å². The molecule has 1 heterocycles. The molecular formula is C20H30ClN3O2. The molecule has 0 bridgehead atoms. The van der Waals surface area contributed by atoms with E-state index in [1.165, 1.54) is 0 Å². The van der Waals surface area contributed by atoms with Gasteiger partial charge in [0.1, 0.15) is 0 Å². The van der Waals surface area contributed by atoms with Gasteiger partial charge in [0.25, 0.3) is 5.91 Å². The Balaban J connectivity index is 0.00000243. The zero-order valence-corrected chi connectivity index (χ0v) is 16.3. The molecule has 0 spiro atoms. The Hall–Kier alpha value is -1.59. The van der Waals surface area contributed by atoms with Crippen LogP contribution in [0.2, 0.25) is 0 Å². The van der Waals surface area contributed by atoms with Gasteiger partial charge in [0.15, 0.2) is 0 Å². The molecule has 0 aromatic heterocycles. The Bertz CT molecular complexity index is 612. The van der Waals surface area contributed by atoms with Gasteiger partial charge >= 0.3 is 0 Å². The van der Waals surface area contributed by atoms with Gasteiger partial charge in [0.05, 0.1) is 0 Å². The molecule has 1 aliphatic heterocycles. The van der Waals surface area contributed by atoms with E-state index < -0.39 is 0 Å². The first-order chi connectivity index (χ1) is 12.0. The minimum atomic E-state index is 0. The van der Waals surface area contributed by atoms with Crippen LogP contribution >= 0.6 is 12.4 Å². The number of rotatable bonds is 4. The molecule has 1 saturated carbocycles. The van der Waals surface area contributed by atoms with E-state index >= 15 is 0 Å². The lowest BCUT2D eigenvalue weighted by Gasteiger charge is -2.32. The van der Waals surface area contributed by atoms with E-state index in [-0.39, 0.29) is 36.3 Å². The Morgan fingerprint density at radius 2 is 1.77 bits per heavy atom. The average Bonchev–Trinajstić information content (AvgIpc) is 3.00. The van der Waals surface area contributed by atoms with Gasteiger partial charge in [-0.3, -0.25) is 9.59 Å². The van der Waals surface area contributed by atoms with E-state index in [4.69, 9.17) is 5.73 Å². The molecule has 3 N–H and O–H groups in total. The molecule has 0 radical (unpaired) electrons. The van der Waals surface area contributed by atoms with Crippen molar-refractivity contribution in [3.8, 4) is 0 Å². The van der Waals surface area contributed by atoms with Gasteiger partial charge in [-0.05, 0) is 50.7 Å². The molecule has 5 nitrogen and oxygen atoms in total. The Morgan fingerprint density at radius 1 is 1.12 bits per heavy atom. The second-order valence-electron chi connectivity index (χ2n) is 7.56. The van der Waals surface area contributed by atoms with E-state index in [9.17, 15) is 9.59 Å². The van der Waals surface area contributed by atoms with Crippen LogP contribution in [-0.4, -0.2) is 41.9 Å². The zero-order valence-electron chi connectivity index (χ0n) is 15.4. The number of amides is 2. The lowest BCUT2D eigenvalue weighted by molar-refractivity contribution is -0.123. The minimum absolute atomic E-state index is 0. The molecule has 2 amide bonds. The van der Waals surface area contributed by atoms with Gasteiger partial charge in [0, 0.05) is 37.2 Å². The third kappa shape index (κ3) is 5.21. The van der Waals surface area contributed by atoms with Crippen molar-refractivity contribution in [2.45, 2.75) is 57.5 Å². The molecule has 2 atom stereocenters. The second kappa shape index (κ2) is 9.38. The Morgan fingerprint density at radius 3 is 2.35 bits per heavy atom. The fourth-order valence-corrected chi connectivity index (χ4v) is 3.95. The summed E-state index contributed by atoms with van der Waals surface area (Å²) in [7, 11) is 0. The number of nitrogens with one attached hydrogen (secondary N) is 1. The molecule has 1 saturated heterocycles. The van der Waals surface area contributed by atoms with Crippen LogP contribution in [0.5, 0.6) is 0 Å². The summed E-state index contributed by atoms with van der Waals surface area (Å²) < 4.78 is 0. The van der Waals surface area contributed by atoms with Crippen LogP contribution in [0, 0.1) is 12.8 Å². The third-order valence-corrected chi connectivity index (χ3v) is 5.61. The van der Waals surface area contributed by atoms with Gasteiger partial charge in [-0.15, -0.1) is 12.4 Å². The van der Waals surface area contributed by atoms with Gasteiger partial charge in [-0.25, -0.2) is 0 Å². The summed E-state index contributed by atoms with van der Waals surface area (Å²) in [5.74, 6) is 0.538. The summed E-state index contributed by atoms with van der Waals surface area (Å²) in [6, 6.07) is 8.06. The molecule has 144 valence electrons. The highest BCUT2D eigenvalue weighted by Gasteiger charge is 2.28. The standard InChI is InChI=1S/C20H29N3O2.ClH/c1-14-5-7-15(8-6-14)20(25)23-11-9-17(10-12-23)22-19(24)13-16-3-2-4-18(16)21;/h5-8,16-18H,2-4,9-13,21H2,1H3,(H,22,24);1H/t16-,18+;/m0./s1. The highest BCUT2D eigenvalue weighted by molar-refractivity contribution is 5.94. The van der Waals surface area contributed by atoms with Crippen molar-refractivity contribution in [3.05, 3.63) is 35.4 Å². The van der Waals surface area contributed by atoms with Crippen molar-refractivity contribution in [2.24, 2.45) is 11.7 Å². The molecular weight excluding hydrogens is 350 g/mol. The maximum absolute atomic E-state index is 12.5. The summed E-state index contributed by atoms with van der Waals surface area (Å²) in [6.45, 7) is 3.40. The normalized spacial score (nSPS) is 23.4. The number of aryl methyl sites for hydroxylation is 1. The van der Waals surface area contributed by atoms with Gasteiger partial charge in [0.2, 0.25) is 5.91 Å². The van der Waals surface area contributed by atoms with Crippen molar-refractivity contribution < 1.29 is 9.59 Å². The quantitative estimate of drug-likeness (QED) is 0.844. The number of carbonyl (C=O) groups excluding carboxylic acids is 2. The fraction of sp³-hybridized carbons (Fsp3) is 0.600. The van der Waals surface area contributed by atoms with Crippen molar-refractivity contribution in [2.75, 3.05) is 13.1 Å². The van der Waals surface area contributed by atoms with Gasteiger partial charge < -0.3 is 16.0 Å². The predicted octanol–water partition coefficient (Wildman–Crippen LogP) is 2.66. The van der Waals surface area contributed by atoms with Crippen LogP contribution in [0.3, 0.4) is 0 Å². The minimum Gasteiger partial charge on any atom is -0.353 e. The lowest BCUT2D eigenvalue weighted by Crippen LogP contribution is -2.47. The summed E-state index contributed by atoms with van der Waals surface area (Å²) in [4.78, 5) is 26.7. The maximum atomic E-state index is 12.5. The first kappa shape index (κ1) is 20.7. The van der Waals surface area contributed by atoms with Crippen LogP contribution in [0.15, 0.2) is 24.3 Å². The molecule has 1 aliphatic carbocycles. The molecule has 1 aromatic carbocycles. The SMILES string of the molecule is Cc1ccc(C(=O)N2CCC(NC(=O)C[C@@H]3CCC[C@H]3N)CC2)cc1.Cl. The molecule has 26 heavy (non-hydrogen) atoms. The highest BCUT2D eigenvalue weighted by Crippen LogP contribution is 2.26. The number of halogens is 1. The highest BCUT2D eigenvalue weighted by atomic mass is 35.5. The van der Waals surface area contributed by atoms with Gasteiger partial charge in [-0.2, -0.15) is 0 Å². The molecule has 2 aliphatic rings. The predicted molar refractivity (Wildman–Crippen MR) is 105 cm³/mol.